The third-order valence-corrected chi connectivity index (χ3v) is 5.11. The predicted molar refractivity (Wildman–Crippen MR) is 117 cm³/mol. The van der Waals surface area contributed by atoms with Crippen molar-refractivity contribution in [2.75, 3.05) is 13.6 Å². The van der Waals surface area contributed by atoms with E-state index in [1.54, 1.807) is 0 Å². The predicted octanol–water partition coefficient (Wildman–Crippen LogP) is 2.50. The zero-order valence-electron chi connectivity index (χ0n) is 15.8. The summed E-state index contributed by atoms with van der Waals surface area (Å²) in [6.45, 7) is 1.36. The van der Waals surface area contributed by atoms with Gasteiger partial charge in [-0.1, -0.05) is 6.07 Å². The van der Waals surface area contributed by atoms with E-state index in [1.165, 1.54) is 24.6 Å². The summed E-state index contributed by atoms with van der Waals surface area (Å²) in [5.41, 5.74) is 0.631. The topological polar surface area (TPSA) is 123 Å². The van der Waals surface area contributed by atoms with Crippen molar-refractivity contribution < 1.29 is 38.1 Å². The minimum Gasteiger partial charge on any atom is -0.428 e. The minimum absolute atomic E-state index is 0.0454. The monoisotopic (exact) mass is 642 g/mol. The largest absolute Gasteiger partial charge is 0.428 e. The first-order valence-corrected chi connectivity index (χ1v) is 10.5. The number of benzene rings is 1. The number of esters is 4. The maximum atomic E-state index is 12.4. The van der Waals surface area contributed by atoms with E-state index in [0.29, 0.717) is 0 Å². The van der Waals surface area contributed by atoms with E-state index in [0.717, 1.165) is 12.7 Å². The lowest BCUT2D eigenvalue weighted by Gasteiger charge is -2.09. The molecule has 1 heterocycles. The molecule has 0 bridgehead atoms. The summed E-state index contributed by atoms with van der Waals surface area (Å²) in [6.07, 6.45) is 0. The Morgan fingerprint density at radius 3 is 2.07 bits per heavy atom. The molecule has 1 aromatic heterocycles. The molecule has 0 saturated carbocycles. The number of halogens is 2. The third-order valence-electron chi connectivity index (χ3n) is 3.44. The zero-order chi connectivity index (χ0) is 22.3. The van der Waals surface area contributed by atoms with Crippen LogP contribution >= 0.6 is 45.2 Å². The highest BCUT2D eigenvalue weighted by Crippen LogP contribution is 2.19. The highest BCUT2D eigenvalue weighted by atomic mass is 127. The molecule has 0 atom stereocenters. The molecule has 2 rings (SSSR count). The highest BCUT2D eigenvalue weighted by Gasteiger charge is 2.22. The van der Waals surface area contributed by atoms with Crippen LogP contribution in [0.2, 0.25) is 0 Å². The second kappa shape index (κ2) is 11.2. The van der Waals surface area contributed by atoms with Gasteiger partial charge in [0.2, 0.25) is 13.6 Å². The molecule has 0 amide bonds. The van der Waals surface area contributed by atoms with Crippen molar-refractivity contribution in [3.63, 3.8) is 0 Å². The number of hydrogen-bond acceptors (Lipinski definition) is 9. The Morgan fingerprint density at radius 1 is 0.900 bits per heavy atom. The SMILES string of the molecule is CC(=O)OCOC(=O)c1cc(C(=O)OCOC(C)=O)n(Cc2ccc(I)cc2I)n1. The average molecular weight is 642 g/mol. The number of hydrogen-bond donors (Lipinski definition) is 0. The number of nitrogens with zero attached hydrogens (tertiary/aromatic N) is 2. The zero-order valence-corrected chi connectivity index (χ0v) is 20.2. The van der Waals surface area contributed by atoms with Gasteiger partial charge in [-0.3, -0.25) is 14.3 Å². The Bertz CT molecular complexity index is 973. The summed E-state index contributed by atoms with van der Waals surface area (Å²) in [7, 11) is 0. The molecule has 30 heavy (non-hydrogen) atoms. The second-order valence-corrected chi connectivity index (χ2v) is 8.09. The van der Waals surface area contributed by atoms with Crippen molar-refractivity contribution in [1.29, 1.82) is 0 Å². The van der Waals surface area contributed by atoms with Crippen molar-refractivity contribution in [3.05, 3.63) is 48.4 Å². The van der Waals surface area contributed by atoms with Crippen LogP contribution in [0.3, 0.4) is 0 Å². The Labute approximate surface area is 198 Å². The second-order valence-electron chi connectivity index (χ2n) is 5.68. The quantitative estimate of drug-likeness (QED) is 0.243. The number of carbonyl (C=O) groups is 4. The summed E-state index contributed by atoms with van der Waals surface area (Å²) in [6, 6.07) is 6.91. The van der Waals surface area contributed by atoms with E-state index < -0.39 is 37.5 Å². The first-order chi connectivity index (χ1) is 14.2. The fourth-order valence-corrected chi connectivity index (χ4v) is 3.87. The van der Waals surface area contributed by atoms with Gasteiger partial charge in [-0.15, -0.1) is 0 Å². The Morgan fingerprint density at radius 2 is 1.50 bits per heavy atom. The molecule has 0 N–H and O–H groups in total. The standard InChI is InChI=1S/C18H16I2N2O8/c1-10(23)27-8-29-17(25)15-6-16(18(26)30-9-28-11(2)24)22(21-15)7-12-3-4-13(19)5-14(12)20/h3-6H,7-9H2,1-2H3. The van der Waals surface area contributed by atoms with Crippen molar-refractivity contribution in [1.82, 2.24) is 9.78 Å². The van der Waals surface area contributed by atoms with Crippen LogP contribution < -0.4 is 0 Å². The number of aromatic nitrogens is 2. The van der Waals surface area contributed by atoms with Crippen molar-refractivity contribution in [3.8, 4) is 0 Å². The van der Waals surface area contributed by atoms with Crippen LogP contribution in [0.25, 0.3) is 0 Å². The fourth-order valence-electron chi connectivity index (χ4n) is 2.09. The molecule has 0 spiro atoms. The Hall–Kier alpha value is -2.23. The van der Waals surface area contributed by atoms with Gasteiger partial charge >= 0.3 is 23.9 Å². The van der Waals surface area contributed by atoms with E-state index in [4.69, 9.17) is 9.47 Å². The maximum Gasteiger partial charge on any atom is 0.361 e. The van der Waals surface area contributed by atoms with Gasteiger partial charge in [0.1, 0.15) is 5.69 Å². The lowest BCUT2D eigenvalue weighted by atomic mass is 10.2. The third kappa shape index (κ3) is 7.23. The number of carbonyl (C=O) groups excluding carboxylic acids is 4. The average Bonchev–Trinajstić information content (AvgIpc) is 3.07. The normalized spacial score (nSPS) is 10.3. The number of ether oxygens (including phenoxy) is 4. The van der Waals surface area contributed by atoms with E-state index in [2.05, 4.69) is 59.8 Å². The van der Waals surface area contributed by atoms with Crippen LogP contribution in [0.15, 0.2) is 24.3 Å². The summed E-state index contributed by atoms with van der Waals surface area (Å²) >= 11 is 4.34. The minimum atomic E-state index is -0.888. The van der Waals surface area contributed by atoms with E-state index in [-0.39, 0.29) is 17.9 Å². The number of rotatable bonds is 8. The van der Waals surface area contributed by atoms with Crippen molar-refractivity contribution in [2.45, 2.75) is 20.4 Å². The van der Waals surface area contributed by atoms with E-state index in [9.17, 15) is 19.2 Å². The van der Waals surface area contributed by atoms with Crippen LogP contribution in [0.5, 0.6) is 0 Å². The lowest BCUT2D eigenvalue weighted by Crippen LogP contribution is -2.17. The highest BCUT2D eigenvalue weighted by molar-refractivity contribution is 14.1. The summed E-state index contributed by atoms with van der Waals surface area (Å²) in [5, 5.41) is 4.12. The maximum absolute atomic E-state index is 12.4. The van der Waals surface area contributed by atoms with Crippen molar-refractivity contribution in [2.24, 2.45) is 0 Å². The van der Waals surface area contributed by atoms with Gasteiger partial charge in [0, 0.05) is 27.1 Å². The molecular weight excluding hydrogens is 626 g/mol. The van der Waals surface area contributed by atoms with Gasteiger partial charge in [-0.05, 0) is 62.9 Å². The van der Waals surface area contributed by atoms with E-state index >= 15 is 0 Å². The van der Waals surface area contributed by atoms with Crippen LogP contribution in [-0.4, -0.2) is 47.2 Å². The molecule has 1 aromatic carbocycles. The van der Waals surface area contributed by atoms with Gasteiger partial charge < -0.3 is 18.9 Å². The van der Waals surface area contributed by atoms with Crippen LogP contribution in [-0.2, 0) is 35.1 Å². The summed E-state index contributed by atoms with van der Waals surface area (Å²) in [4.78, 5) is 46.2. The molecule has 12 heteroatoms. The molecule has 0 fully saturated rings. The van der Waals surface area contributed by atoms with Gasteiger partial charge in [0.15, 0.2) is 5.69 Å². The first kappa shape index (κ1) is 24.0. The van der Waals surface area contributed by atoms with Crippen LogP contribution in [0, 0.1) is 7.14 Å². The van der Waals surface area contributed by atoms with E-state index in [1.807, 2.05) is 18.2 Å². The van der Waals surface area contributed by atoms with Crippen LogP contribution in [0.4, 0.5) is 0 Å². The molecule has 0 aliphatic rings. The molecule has 0 saturated heterocycles. The summed E-state index contributed by atoms with van der Waals surface area (Å²) < 4.78 is 22.1. The van der Waals surface area contributed by atoms with Crippen LogP contribution in [0.1, 0.15) is 40.4 Å². The Balaban J connectivity index is 2.26. The summed E-state index contributed by atoms with van der Waals surface area (Å²) in [5.74, 6) is -2.96. The molecular formula is C18H16I2N2O8. The first-order valence-electron chi connectivity index (χ1n) is 8.30. The Kier molecular flexibility index (Phi) is 9.01. The van der Waals surface area contributed by atoms with Crippen molar-refractivity contribution >= 4 is 69.1 Å². The van der Waals surface area contributed by atoms with Gasteiger partial charge in [-0.25, -0.2) is 9.59 Å². The van der Waals surface area contributed by atoms with Gasteiger partial charge in [-0.2, -0.15) is 5.10 Å². The molecule has 0 radical (unpaired) electrons. The molecule has 10 nitrogen and oxygen atoms in total. The molecule has 160 valence electrons. The molecule has 0 unspecified atom stereocenters. The molecule has 0 aliphatic carbocycles. The van der Waals surface area contributed by atoms with Gasteiger partial charge in [0.25, 0.3) is 0 Å². The smallest absolute Gasteiger partial charge is 0.361 e. The van der Waals surface area contributed by atoms with Gasteiger partial charge in [0.05, 0.1) is 6.54 Å². The molecule has 0 aliphatic heterocycles. The fraction of sp³-hybridized carbons (Fsp3) is 0.278. The lowest BCUT2D eigenvalue weighted by molar-refractivity contribution is -0.150. The molecule has 2 aromatic rings.